The van der Waals surface area contributed by atoms with E-state index in [4.69, 9.17) is 0 Å². The van der Waals surface area contributed by atoms with Crippen molar-refractivity contribution in [1.82, 2.24) is 15.1 Å². The number of carbonyl (C=O) groups is 2. The lowest BCUT2D eigenvalue weighted by molar-refractivity contribution is -0.138. The standard InChI is InChI=1S/C14H27N3O2/c1-14(2,3)15-10-12(18)17-8-6-11(7-9-17)13(19)16(4)5/h11,15H,6-10H2,1-5H3. The summed E-state index contributed by atoms with van der Waals surface area (Å²) in [5.41, 5.74) is -0.0468. The van der Waals surface area contributed by atoms with Gasteiger partial charge < -0.3 is 15.1 Å². The molecular weight excluding hydrogens is 242 g/mol. The van der Waals surface area contributed by atoms with Crippen molar-refractivity contribution in [3.8, 4) is 0 Å². The molecule has 0 atom stereocenters. The van der Waals surface area contributed by atoms with E-state index in [0.29, 0.717) is 19.6 Å². The smallest absolute Gasteiger partial charge is 0.236 e. The predicted molar refractivity (Wildman–Crippen MR) is 75.8 cm³/mol. The monoisotopic (exact) mass is 269 g/mol. The molecule has 1 aliphatic rings. The SMILES string of the molecule is CN(C)C(=O)C1CCN(C(=O)CNC(C)(C)C)CC1. The number of nitrogens with one attached hydrogen (secondary N) is 1. The van der Waals surface area contributed by atoms with Gasteiger partial charge in [0.25, 0.3) is 0 Å². The van der Waals surface area contributed by atoms with Gasteiger partial charge in [-0.05, 0) is 33.6 Å². The predicted octanol–water partition coefficient (Wildman–Crippen LogP) is 0.701. The van der Waals surface area contributed by atoms with Gasteiger partial charge in [-0.3, -0.25) is 9.59 Å². The normalized spacial score (nSPS) is 17.4. The Morgan fingerprint density at radius 1 is 1.21 bits per heavy atom. The molecule has 19 heavy (non-hydrogen) atoms. The van der Waals surface area contributed by atoms with Gasteiger partial charge in [-0.1, -0.05) is 0 Å². The van der Waals surface area contributed by atoms with Crippen molar-refractivity contribution in [1.29, 1.82) is 0 Å². The first-order valence-corrected chi connectivity index (χ1v) is 6.94. The third kappa shape index (κ3) is 5.19. The first-order chi connectivity index (χ1) is 8.70. The van der Waals surface area contributed by atoms with Crippen LogP contribution in [0, 0.1) is 5.92 Å². The molecule has 0 saturated carbocycles. The summed E-state index contributed by atoms with van der Waals surface area (Å²) < 4.78 is 0. The molecule has 0 aromatic rings. The highest BCUT2D eigenvalue weighted by atomic mass is 16.2. The Balaban J connectivity index is 2.37. The van der Waals surface area contributed by atoms with Crippen molar-refractivity contribution < 1.29 is 9.59 Å². The van der Waals surface area contributed by atoms with E-state index in [9.17, 15) is 9.59 Å². The molecule has 0 unspecified atom stereocenters. The summed E-state index contributed by atoms with van der Waals surface area (Å²) in [6, 6.07) is 0. The number of piperidine rings is 1. The Bertz CT molecular complexity index is 326. The first kappa shape index (κ1) is 16.0. The molecule has 110 valence electrons. The lowest BCUT2D eigenvalue weighted by Gasteiger charge is -2.33. The molecule has 2 amide bonds. The molecule has 0 aromatic carbocycles. The Hall–Kier alpha value is -1.10. The van der Waals surface area contributed by atoms with Crippen molar-refractivity contribution in [2.75, 3.05) is 33.7 Å². The van der Waals surface area contributed by atoms with Crippen molar-refractivity contribution in [3.05, 3.63) is 0 Å². The van der Waals surface area contributed by atoms with E-state index >= 15 is 0 Å². The molecule has 1 aliphatic heterocycles. The van der Waals surface area contributed by atoms with E-state index in [1.54, 1.807) is 19.0 Å². The van der Waals surface area contributed by atoms with Crippen LogP contribution in [0.4, 0.5) is 0 Å². The topological polar surface area (TPSA) is 52.7 Å². The Kier molecular flexibility index (Phi) is 5.35. The van der Waals surface area contributed by atoms with Crippen LogP contribution in [0.15, 0.2) is 0 Å². The summed E-state index contributed by atoms with van der Waals surface area (Å²) >= 11 is 0. The second-order valence-corrected chi connectivity index (χ2v) is 6.49. The fraction of sp³-hybridized carbons (Fsp3) is 0.857. The van der Waals surface area contributed by atoms with Crippen LogP contribution in [0.2, 0.25) is 0 Å². The number of hydrogen-bond acceptors (Lipinski definition) is 3. The van der Waals surface area contributed by atoms with Crippen LogP contribution in [0.3, 0.4) is 0 Å². The summed E-state index contributed by atoms with van der Waals surface area (Å²) in [5.74, 6) is 0.389. The van der Waals surface area contributed by atoms with Gasteiger partial charge in [0.05, 0.1) is 6.54 Å². The van der Waals surface area contributed by atoms with Crippen LogP contribution in [0.25, 0.3) is 0 Å². The van der Waals surface area contributed by atoms with Crippen LogP contribution in [-0.4, -0.2) is 60.9 Å². The molecule has 1 rings (SSSR count). The Morgan fingerprint density at radius 3 is 2.16 bits per heavy atom. The van der Waals surface area contributed by atoms with Crippen LogP contribution in [0.1, 0.15) is 33.6 Å². The number of carbonyl (C=O) groups excluding carboxylic acids is 2. The van der Waals surface area contributed by atoms with Gasteiger partial charge in [0.15, 0.2) is 0 Å². The number of rotatable bonds is 3. The zero-order valence-electron chi connectivity index (χ0n) is 12.8. The summed E-state index contributed by atoms with van der Waals surface area (Å²) in [7, 11) is 3.57. The van der Waals surface area contributed by atoms with E-state index in [1.165, 1.54) is 0 Å². The summed E-state index contributed by atoms with van der Waals surface area (Å²) in [5, 5.41) is 3.20. The van der Waals surface area contributed by atoms with Gasteiger partial charge >= 0.3 is 0 Å². The highest BCUT2D eigenvalue weighted by Gasteiger charge is 2.28. The third-order valence-corrected chi connectivity index (χ3v) is 3.41. The quantitative estimate of drug-likeness (QED) is 0.820. The van der Waals surface area contributed by atoms with E-state index in [1.807, 2.05) is 25.7 Å². The molecule has 5 nitrogen and oxygen atoms in total. The molecule has 1 heterocycles. The maximum absolute atomic E-state index is 12.0. The average molecular weight is 269 g/mol. The highest BCUT2D eigenvalue weighted by Crippen LogP contribution is 2.18. The molecule has 0 aromatic heterocycles. The molecule has 1 saturated heterocycles. The van der Waals surface area contributed by atoms with Crippen LogP contribution in [-0.2, 0) is 9.59 Å². The zero-order valence-corrected chi connectivity index (χ0v) is 12.8. The van der Waals surface area contributed by atoms with Crippen LogP contribution >= 0.6 is 0 Å². The fourth-order valence-electron chi connectivity index (χ4n) is 2.19. The van der Waals surface area contributed by atoms with Gasteiger partial charge in [0.2, 0.25) is 11.8 Å². The van der Waals surface area contributed by atoms with E-state index in [0.717, 1.165) is 12.8 Å². The molecule has 0 bridgehead atoms. The van der Waals surface area contributed by atoms with Gasteiger partial charge in [0.1, 0.15) is 0 Å². The molecule has 5 heteroatoms. The van der Waals surface area contributed by atoms with Crippen molar-refractivity contribution in [2.45, 2.75) is 39.2 Å². The van der Waals surface area contributed by atoms with E-state index in [-0.39, 0.29) is 23.3 Å². The number of nitrogens with zero attached hydrogens (tertiary/aromatic N) is 2. The number of hydrogen-bond donors (Lipinski definition) is 1. The molecule has 0 spiro atoms. The minimum Gasteiger partial charge on any atom is -0.349 e. The van der Waals surface area contributed by atoms with Gasteiger partial charge in [0, 0.05) is 38.6 Å². The molecule has 0 radical (unpaired) electrons. The third-order valence-electron chi connectivity index (χ3n) is 3.41. The highest BCUT2D eigenvalue weighted by molar-refractivity contribution is 5.80. The molecule has 1 N–H and O–H groups in total. The minimum absolute atomic E-state index is 0.0468. The zero-order chi connectivity index (χ0) is 14.6. The summed E-state index contributed by atoms with van der Waals surface area (Å²) in [6.45, 7) is 7.88. The van der Waals surface area contributed by atoms with Crippen molar-refractivity contribution in [2.24, 2.45) is 5.92 Å². The van der Waals surface area contributed by atoms with Gasteiger partial charge in [-0.15, -0.1) is 0 Å². The van der Waals surface area contributed by atoms with E-state index in [2.05, 4.69) is 5.32 Å². The van der Waals surface area contributed by atoms with E-state index < -0.39 is 0 Å². The Labute approximate surface area is 116 Å². The Morgan fingerprint density at radius 2 is 1.74 bits per heavy atom. The number of likely N-dealkylation sites (tertiary alicyclic amines) is 1. The average Bonchev–Trinajstić information content (AvgIpc) is 2.34. The van der Waals surface area contributed by atoms with Crippen LogP contribution < -0.4 is 5.32 Å². The maximum atomic E-state index is 12.0. The second-order valence-electron chi connectivity index (χ2n) is 6.49. The lowest BCUT2D eigenvalue weighted by Crippen LogP contribution is -2.48. The summed E-state index contributed by atoms with van der Waals surface area (Å²) in [6.07, 6.45) is 1.55. The maximum Gasteiger partial charge on any atom is 0.236 e. The molecule has 1 fully saturated rings. The van der Waals surface area contributed by atoms with Gasteiger partial charge in [-0.25, -0.2) is 0 Å². The minimum atomic E-state index is -0.0468. The fourth-order valence-corrected chi connectivity index (χ4v) is 2.19. The second kappa shape index (κ2) is 6.37. The largest absolute Gasteiger partial charge is 0.349 e. The summed E-state index contributed by atoms with van der Waals surface area (Å²) in [4.78, 5) is 27.4. The first-order valence-electron chi connectivity index (χ1n) is 6.94. The van der Waals surface area contributed by atoms with Gasteiger partial charge in [-0.2, -0.15) is 0 Å². The lowest BCUT2D eigenvalue weighted by atomic mass is 9.95. The van der Waals surface area contributed by atoms with Crippen molar-refractivity contribution in [3.63, 3.8) is 0 Å². The van der Waals surface area contributed by atoms with Crippen molar-refractivity contribution >= 4 is 11.8 Å². The molecular formula is C14H27N3O2. The number of amides is 2. The van der Waals surface area contributed by atoms with Crippen LogP contribution in [0.5, 0.6) is 0 Å². The molecule has 0 aliphatic carbocycles.